The molecule has 320 valence electrons. The lowest BCUT2D eigenvalue weighted by molar-refractivity contribution is -0.384. The van der Waals surface area contributed by atoms with Crippen LogP contribution in [0.15, 0.2) is 107 Å². The zero-order chi connectivity index (χ0) is 42.1. The number of non-ortho nitro benzene ring substituents is 1. The van der Waals surface area contributed by atoms with Gasteiger partial charge in [-0.15, -0.1) is 18.3 Å². The van der Waals surface area contributed by atoms with Crippen LogP contribution < -0.4 is 9.47 Å². The van der Waals surface area contributed by atoms with E-state index in [1.54, 1.807) is 34.9 Å². The van der Waals surface area contributed by atoms with Gasteiger partial charge in [-0.1, -0.05) is 48.3 Å². The van der Waals surface area contributed by atoms with Gasteiger partial charge < -0.3 is 34.2 Å². The van der Waals surface area contributed by atoms with Crippen molar-refractivity contribution in [3.63, 3.8) is 0 Å². The highest BCUT2D eigenvalue weighted by Gasteiger charge is 2.65. The molecular formula is C47H57N3O9S. The topological polar surface area (TPSA) is 153 Å². The van der Waals surface area contributed by atoms with E-state index < -0.39 is 22.7 Å². The molecule has 12 nitrogen and oxygen atoms in total. The molecule has 0 bridgehead atoms. The Kier molecular flexibility index (Phi) is 14.6. The number of nitrogens with zero attached hydrogens (tertiary/aromatic N) is 3. The Morgan fingerprint density at radius 1 is 1.05 bits per heavy atom. The van der Waals surface area contributed by atoms with Gasteiger partial charge >= 0.3 is 0 Å². The molecule has 7 rings (SSSR count). The number of amides is 1. The highest BCUT2D eigenvalue weighted by Crippen LogP contribution is 2.62. The highest BCUT2D eigenvalue weighted by atomic mass is 32.2. The zero-order valence-corrected chi connectivity index (χ0v) is 35.2. The fourth-order valence-electron chi connectivity index (χ4n) is 9.32. The Bertz CT molecular complexity index is 2010. The Morgan fingerprint density at radius 2 is 1.80 bits per heavy atom. The normalized spacial score (nSPS) is 24.7. The molecule has 2 saturated carbocycles. The number of hydrogen-bond acceptors (Lipinski definition) is 11. The molecule has 0 spiro atoms. The summed E-state index contributed by atoms with van der Waals surface area (Å²) in [5, 5.41) is 35.9. The van der Waals surface area contributed by atoms with Crippen LogP contribution in [0.4, 0.5) is 5.69 Å². The number of fused-ring (bicyclic) bond motifs is 2. The fraction of sp³-hybridized carbons (Fsp3) is 0.489. The molecule has 0 saturated heterocycles. The summed E-state index contributed by atoms with van der Waals surface area (Å²) in [5.41, 5.74) is 3.37. The number of nitro groups is 1. The number of rotatable bonds is 22. The van der Waals surface area contributed by atoms with E-state index in [2.05, 4.69) is 30.9 Å². The standard InChI is InChI=1S/C47H57N3O9S/c1-3-25-57-47-43(49(2)46(53)33-17-18-33)30-41(48-58-31-32-15-19-35(20-16-32)50(54)55)39-28-34(11-7-9-23-51)38(14-8-10-24-52)44(45(39)47)40-29-36(21-22-42(40)59-47)56-26-27-60-37-12-5-4-6-13-37/h3-6,12-13,15-16,19-22,28-29,33-34,38,43-45,51-52H,1,7-11,14,17-18,23-27,30-31H2,2H3/t34-,38+,43-,44+,45+,47+/m0/s1. The van der Waals surface area contributed by atoms with Crippen LogP contribution in [0.25, 0.3) is 0 Å². The van der Waals surface area contributed by atoms with E-state index in [0.717, 1.165) is 66.7 Å². The lowest BCUT2D eigenvalue weighted by atomic mass is 9.55. The van der Waals surface area contributed by atoms with Crippen LogP contribution in [0.2, 0.25) is 0 Å². The first kappa shape index (κ1) is 43.4. The van der Waals surface area contributed by atoms with Gasteiger partial charge in [0.05, 0.1) is 29.8 Å². The summed E-state index contributed by atoms with van der Waals surface area (Å²) in [6.45, 7) is 5.00. The van der Waals surface area contributed by atoms with Gasteiger partial charge in [0.2, 0.25) is 11.7 Å². The zero-order valence-electron chi connectivity index (χ0n) is 34.4. The average molecular weight is 840 g/mol. The second kappa shape index (κ2) is 20.2. The number of nitro benzene ring substituents is 1. The molecule has 60 heavy (non-hydrogen) atoms. The van der Waals surface area contributed by atoms with Crippen LogP contribution in [-0.2, 0) is 21.0 Å². The summed E-state index contributed by atoms with van der Waals surface area (Å²) in [4.78, 5) is 34.0. The van der Waals surface area contributed by atoms with Crippen LogP contribution in [0.3, 0.4) is 0 Å². The molecule has 13 heteroatoms. The van der Waals surface area contributed by atoms with Crippen molar-refractivity contribution < 1.29 is 39.0 Å². The summed E-state index contributed by atoms with van der Waals surface area (Å²) >= 11 is 1.74. The number of allylic oxidation sites excluding steroid dienone is 1. The molecule has 0 aromatic heterocycles. The van der Waals surface area contributed by atoms with E-state index in [9.17, 15) is 25.1 Å². The fourth-order valence-corrected chi connectivity index (χ4v) is 10.1. The molecule has 2 N–H and O–H groups in total. The number of aliphatic hydroxyl groups excluding tert-OH is 2. The number of benzene rings is 3. The first-order valence-electron chi connectivity index (χ1n) is 21.3. The van der Waals surface area contributed by atoms with Crippen molar-refractivity contribution in [3.05, 3.63) is 118 Å². The largest absolute Gasteiger partial charge is 0.493 e. The maximum atomic E-state index is 14.1. The Hall–Kier alpha value is -4.69. The first-order chi connectivity index (χ1) is 29.3. The number of carbonyl (C=O) groups is 1. The van der Waals surface area contributed by atoms with Crippen molar-refractivity contribution in [1.82, 2.24) is 4.90 Å². The third-order valence-electron chi connectivity index (χ3n) is 12.3. The van der Waals surface area contributed by atoms with Crippen molar-refractivity contribution in [2.75, 3.05) is 39.2 Å². The molecule has 0 radical (unpaired) electrons. The van der Waals surface area contributed by atoms with Gasteiger partial charge in [-0.2, -0.15) is 0 Å². The van der Waals surface area contributed by atoms with Crippen LogP contribution in [0.1, 0.15) is 74.8 Å². The van der Waals surface area contributed by atoms with Gasteiger partial charge in [0.1, 0.15) is 24.1 Å². The molecule has 1 aliphatic heterocycles. The van der Waals surface area contributed by atoms with Crippen LogP contribution in [-0.4, -0.2) is 82.7 Å². The number of likely N-dealkylation sites (N-methyl/N-ethyl adjacent to an activating group) is 1. The Morgan fingerprint density at radius 3 is 2.50 bits per heavy atom. The molecular weight excluding hydrogens is 783 g/mol. The van der Waals surface area contributed by atoms with Crippen molar-refractivity contribution in [2.24, 2.45) is 28.8 Å². The summed E-state index contributed by atoms with van der Waals surface area (Å²) in [5.74, 6) is 0.465. The van der Waals surface area contributed by atoms with Gasteiger partial charge in [0.15, 0.2) is 0 Å². The molecule has 3 aromatic rings. The summed E-state index contributed by atoms with van der Waals surface area (Å²) in [7, 11) is 1.84. The first-order valence-corrected chi connectivity index (χ1v) is 22.3. The van der Waals surface area contributed by atoms with Gasteiger partial charge in [0, 0.05) is 66.9 Å². The molecule has 0 unspecified atom stereocenters. The summed E-state index contributed by atoms with van der Waals surface area (Å²) in [6, 6.07) is 21.9. The van der Waals surface area contributed by atoms with Gasteiger partial charge in [-0.3, -0.25) is 14.9 Å². The molecule has 2 fully saturated rings. The second-order valence-electron chi connectivity index (χ2n) is 16.2. The van der Waals surface area contributed by atoms with Crippen LogP contribution in [0, 0.1) is 33.8 Å². The van der Waals surface area contributed by atoms with E-state index in [1.165, 1.54) is 17.0 Å². The van der Waals surface area contributed by atoms with Gasteiger partial charge in [-0.05, 0) is 104 Å². The number of thioether (sulfide) groups is 1. The van der Waals surface area contributed by atoms with Crippen molar-refractivity contribution >= 4 is 29.1 Å². The van der Waals surface area contributed by atoms with Crippen LogP contribution in [0.5, 0.6) is 11.5 Å². The SMILES string of the molecule is C=CCO[C@@]12Oc3ccc(OCCSc4ccccc4)cc3[C@H]3[C@H](CCCCO)[C@@H](CCCCO)C=C(C(=NOCc4ccc([N+](=O)[O-])cc4)C[C@@H]1N(C)C(=O)C1CC1)[C@H]32. The number of oxime groups is 1. The van der Waals surface area contributed by atoms with E-state index in [1.807, 2.05) is 37.4 Å². The number of ether oxygens (including phenoxy) is 3. The molecule has 6 atom stereocenters. The number of carbonyl (C=O) groups excluding carboxylic acids is 1. The Balaban J connectivity index is 1.32. The molecule has 4 aliphatic rings. The minimum Gasteiger partial charge on any atom is -0.493 e. The monoisotopic (exact) mass is 839 g/mol. The molecule has 3 aliphatic carbocycles. The number of unbranched alkanes of at least 4 members (excludes halogenated alkanes) is 2. The quantitative estimate of drug-likeness (QED) is 0.0331. The van der Waals surface area contributed by atoms with E-state index >= 15 is 0 Å². The van der Waals surface area contributed by atoms with Crippen molar-refractivity contribution in [1.29, 1.82) is 0 Å². The van der Waals surface area contributed by atoms with Gasteiger partial charge in [0.25, 0.3) is 5.69 Å². The number of hydrogen-bond donors (Lipinski definition) is 2. The molecule has 1 amide bonds. The summed E-state index contributed by atoms with van der Waals surface area (Å²) in [6.07, 6.45) is 10.7. The minimum atomic E-state index is -1.31. The highest BCUT2D eigenvalue weighted by molar-refractivity contribution is 7.99. The second-order valence-corrected chi connectivity index (χ2v) is 17.4. The maximum absolute atomic E-state index is 14.1. The lowest BCUT2D eigenvalue weighted by Gasteiger charge is -2.59. The smallest absolute Gasteiger partial charge is 0.269 e. The van der Waals surface area contributed by atoms with E-state index in [-0.39, 0.29) is 61.7 Å². The third-order valence-corrected chi connectivity index (χ3v) is 13.3. The minimum absolute atomic E-state index is 0.00388. The lowest BCUT2D eigenvalue weighted by Crippen LogP contribution is -2.69. The molecule has 3 aromatic carbocycles. The van der Waals surface area contributed by atoms with E-state index in [4.69, 9.17) is 24.2 Å². The van der Waals surface area contributed by atoms with Gasteiger partial charge in [-0.25, -0.2) is 0 Å². The predicted molar refractivity (Wildman–Crippen MR) is 231 cm³/mol. The Labute approximate surface area is 356 Å². The summed E-state index contributed by atoms with van der Waals surface area (Å²) < 4.78 is 20.7. The van der Waals surface area contributed by atoms with Crippen molar-refractivity contribution in [3.8, 4) is 11.5 Å². The predicted octanol–water partition coefficient (Wildman–Crippen LogP) is 8.47. The van der Waals surface area contributed by atoms with Crippen molar-refractivity contribution in [2.45, 2.75) is 87.0 Å². The molecule has 1 heterocycles. The van der Waals surface area contributed by atoms with E-state index in [0.29, 0.717) is 37.3 Å². The van der Waals surface area contributed by atoms with Crippen LogP contribution >= 0.6 is 11.8 Å². The number of aliphatic hydroxyl groups is 2. The maximum Gasteiger partial charge on any atom is 0.269 e. The average Bonchev–Trinajstić information content (AvgIpc) is 4.12. The third kappa shape index (κ3) is 9.75.